The van der Waals surface area contributed by atoms with Crippen LogP contribution in [0.15, 0.2) is 30.3 Å². The standard InChI is InChI=1S/C19H28N2O3.CH4O/c1-17(2,16(23)24-5)18(3,4)21-12-11-19(13-20,15(21)22)14-9-7-6-8-10-14;1-2/h6-10H,11-13,20H2,1-5H3;2H,1H3. The van der Waals surface area contributed by atoms with Gasteiger partial charge in [-0.3, -0.25) is 9.59 Å². The Kier molecular flexibility index (Phi) is 6.96. The van der Waals surface area contributed by atoms with E-state index < -0.39 is 16.4 Å². The van der Waals surface area contributed by atoms with Crippen LogP contribution in [0.1, 0.15) is 39.7 Å². The van der Waals surface area contributed by atoms with Gasteiger partial charge in [0.15, 0.2) is 0 Å². The third kappa shape index (κ3) is 3.35. The van der Waals surface area contributed by atoms with Gasteiger partial charge in [-0.05, 0) is 39.7 Å². The highest BCUT2D eigenvalue weighted by Crippen LogP contribution is 2.44. The van der Waals surface area contributed by atoms with Crippen molar-refractivity contribution in [3.05, 3.63) is 35.9 Å². The quantitative estimate of drug-likeness (QED) is 0.776. The van der Waals surface area contributed by atoms with E-state index in [4.69, 9.17) is 15.6 Å². The number of nitrogens with two attached hydrogens (primary N) is 1. The zero-order valence-electron chi connectivity index (χ0n) is 16.7. The van der Waals surface area contributed by atoms with Crippen molar-refractivity contribution >= 4 is 11.9 Å². The monoisotopic (exact) mass is 364 g/mol. The Morgan fingerprint density at radius 2 is 1.77 bits per heavy atom. The average Bonchev–Trinajstić information content (AvgIpc) is 3.01. The second kappa shape index (κ2) is 8.18. The maximum Gasteiger partial charge on any atom is 0.313 e. The van der Waals surface area contributed by atoms with Crippen LogP contribution in [-0.4, -0.2) is 54.7 Å². The van der Waals surface area contributed by atoms with Gasteiger partial charge in [0.05, 0.1) is 23.5 Å². The van der Waals surface area contributed by atoms with Crippen molar-refractivity contribution < 1.29 is 19.4 Å². The molecule has 0 saturated carbocycles. The number of nitrogens with zero attached hydrogens (tertiary/aromatic N) is 1. The molecule has 1 aromatic rings. The van der Waals surface area contributed by atoms with Crippen molar-refractivity contribution in [3.8, 4) is 0 Å². The molecule has 6 nitrogen and oxygen atoms in total. The van der Waals surface area contributed by atoms with Gasteiger partial charge in [-0.1, -0.05) is 30.3 Å². The van der Waals surface area contributed by atoms with Gasteiger partial charge in [0.25, 0.3) is 0 Å². The predicted molar refractivity (Wildman–Crippen MR) is 102 cm³/mol. The summed E-state index contributed by atoms with van der Waals surface area (Å²) < 4.78 is 4.96. The van der Waals surface area contributed by atoms with Gasteiger partial charge >= 0.3 is 5.97 Å². The number of hydrogen-bond donors (Lipinski definition) is 2. The van der Waals surface area contributed by atoms with Gasteiger partial charge in [-0.2, -0.15) is 0 Å². The molecule has 2 rings (SSSR count). The van der Waals surface area contributed by atoms with Crippen LogP contribution < -0.4 is 5.73 Å². The zero-order chi connectivity index (χ0) is 20.2. The first-order valence-electron chi connectivity index (χ1n) is 8.76. The molecule has 26 heavy (non-hydrogen) atoms. The van der Waals surface area contributed by atoms with E-state index >= 15 is 0 Å². The number of hydrogen-bond acceptors (Lipinski definition) is 5. The highest BCUT2D eigenvalue weighted by molar-refractivity contribution is 5.92. The van der Waals surface area contributed by atoms with Gasteiger partial charge in [0.2, 0.25) is 5.91 Å². The Morgan fingerprint density at radius 3 is 2.23 bits per heavy atom. The van der Waals surface area contributed by atoms with Crippen LogP contribution in [0.4, 0.5) is 0 Å². The summed E-state index contributed by atoms with van der Waals surface area (Å²) in [7, 11) is 2.38. The van der Waals surface area contributed by atoms with Crippen LogP contribution in [0, 0.1) is 5.41 Å². The maximum absolute atomic E-state index is 13.4. The lowest BCUT2D eigenvalue weighted by molar-refractivity contribution is -0.162. The van der Waals surface area contributed by atoms with E-state index in [1.165, 1.54) is 7.11 Å². The van der Waals surface area contributed by atoms with E-state index in [-0.39, 0.29) is 18.4 Å². The number of methoxy groups -OCH3 is 1. The minimum atomic E-state index is -0.835. The molecule has 3 N–H and O–H groups in total. The number of aliphatic hydroxyl groups is 1. The predicted octanol–water partition coefficient (Wildman–Crippen LogP) is 1.70. The second-order valence-electron chi connectivity index (χ2n) is 7.53. The summed E-state index contributed by atoms with van der Waals surface area (Å²) in [4.78, 5) is 27.4. The van der Waals surface area contributed by atoms with Crippen LogP contribution in [0.25, 0.3) is 0 Å². The molecule has 1 aliphatic heterocycles. The van der Waals surface area contributed by atoms with Gasteiger partial charge in [-0.25, -0.2) is 0 Å². The van der Waals surface area contributed by atoms with E-state index in [1.54, 1.807) is 4.90 Å². The van der Waals surface area contributed by atoms with Crippen molar-refractivity contribution in [2.75, 3.05) is 27.3 Å². The molecule has 1 aliphatic rings. The number of likely N-dealkylation sites (tertiary alicyclic amines) is 1. The lowest BCUT2D eigenvalue weighted by Gasteiger charge is -2.46. The summed E-state index contributed by atoms with van der Waals surface area (Å²) in [6.45, 7) is 8.28. The van der Waals surface area contributed by atoms with Crippen molar-refractivity contribution in [1.82, 2.24) is 4.90 Å². The number of rotatable bonds is 5. The molecule has 1 atom stereocenters. The fourth-order valence-electron chi connectivity index (χ4n) is 3.48. The number of ether oxygens (including phenoxy) is 1. The molecule has 0 spiro atoms. The number of aliphatic hydroxyl groups excluding tert-OH is 1. The summed E-state index contributed by atoms with van der Waals surface area (Å²) in [5.74, 6) is -0.344. The SMILES string of the molecule is CO.COC(=O)C(C)(C)C(C)(C)N1CCC(CN)(c2ccccc2)C1=O. The molecule has 1 fully saturated rings. The van der Waals surface area contributed by atoms with Crippen molar-refractivity contribution in [3.63, 3.8) is 0 Å². The molecule has 1 amide bonds. The third-order valence-corrected chi connectivity index (χ3v) is 5.99. The van der Waals surface area contributed by atoms with Crippen LogP contribution in [-0.2, 0) is 19.7 Å². The van der Waals surface area contributed by atoms with Crippen LogP contribution in [0.2, 0.25) is 0 Å². The molecule has 0 bridgehead atoms. The highest BCUT2D eigenvalue weighted by Gasteiger charge is 2.56. The minimum absolute atomic E-state index is 0.0156. The number of amides is 1. The fraction of sp³-hybridized carbons (Fsp3) is 0.600. The lowest BCUT2D eigenvalue weighted by Crippen LogP contribution is -2.59. The van der Waals surface area contributed by atoms with Crippen molar-refractivity contribution in [2.24, 2.45) is 11.1 Å². The number of carbonyl (C=O) groups is 2. The Labute approximate surface area is 156 Å². The van der Waals surface area contributed by atoms with Crippen LogP contribution in [0.3, 0.4) is 0 Å². The summed E-state index contributed by atoms with van der Waals surface area (Å²) in [5.41, 5.74) is 4.75. The van der Waals surface area contributed by atoms with Gasteiger partial charge < -0.3 is 20.5 Å². The Hall–Kier alpha value is -1.92. The van der Waals surface area contributed by atoms with Gasteiger partial charge in [0, 0.05) is 20.2 Å². The summed E-state index contributed by atoms with van der Waals surface area (Å²) in [5, 5.41) is 7.00. The van der Waals surface area contributed by atoms with Crippen molar-refractivity contribution in [1.29, 1.82) is 0 Å². The van der Waals surface area contributed by atoms with Crippen LogP contribution in [0.5, 0.6) is 0 Å². The molecule has 0 aromatic heterocycles. The van der Waals surface area contributed by atoms with E-state index in [2.05, 4.69) is 0 Å². The molecule has 1 aromatic carbocycles. The first-order chi connectivity index (χ1) is 12.1. The average molecular weight is 364 g/mol. The summed E-state index contributed by atoms with van der Waals surface area (Å²) in [6, 6.07) is 9.67. The maximum atomic E-state index is 13.4. The summed E-state index contributed by atoms with van der Waals surface area (Å²) >= 11 is 0. The van der Waals surface area contributed by atoms with Crippen molar-refractivity contribution in [2.45, 2.75) is 45.1 Å². The van der Waals surface area contributed by atoms with E-state index in [1.807, 2.05) is 58.0 Å². The molecule has 0 radical (unpaired) electrons. The fourth-order valence-corrected chi connectivity index (χ4v) is 3.48. The first kappa shape index (κ1) is 22.1. The Morgan fingerprint density at radius 1 is 1.23 bits per heavy atom. The molecule has 146 valence electrons. The van der Waals surface area contributed by atoms with E-state index in [0.717, 1.165) is 12.7 Å². The molecular formula is C20H32N2O4. The normalized spacial score (nSPS) is 20.5. The molecule has 0 aliphatic carbocycles. The lowest BCUT2D eigenvalue weighted by atomic mass is 9.72. The van der Waals surface area contributed by atoms with Gasteiger partial charge in [0.1, 0.15) is 0 Å². The number of carbonyl (C=O) groups excluding carboxylic acids is 2. The molecular weight excluding hydrogens is 332 g/mol. The molecule has 1 saturated heterocycles. The smallest absolute Gasteiger partial charge is 0.313 e. The minimum Gasteiger partial charge on any atom is -0.469 e. The Balaban J connectivity index is 0.00000163. The highest BCUT2D eigenvalue weighted by atomic mass is 16.5. The molecule has 1 unspecified atom stereocenters. The van der Waals surface area contributed by atoms with Gasteiger partial charge in [-0.15, -0.1) is 0 Å². The molecule has 6 heteroatoms. The molecule has 1 heterocycles. The Bertz CT molecular complexity index is 628. The number of benzene rings is 1. The van der Waals surface area contributed by atoms with E-state index in [0.29, 0.717) is 13.0 Å². The van der Waals surface area contributed by atoms with Crippen LogP contribution >= 0.6 is 0 Å². The van der Waals surface area contributed by atoms with E-state index in [9.17, 15) is 9.59 Å². The summed E-state index contributed by atoms with van der Waals surface area (Å²) in [6.07, 6.45) is 0.646. The number of esters is 1. The topological polar surface area (TPSA) is 92.9 Å². The first-order valence-corrected chi connectivity index (χ1v) is 8.76. The second-order valence-corrected chi connectivity index (χ2v) is 7.53. The largest absolute Gasteiger partial charge is 0.469 e. The third-order valence-electron chi connectivity index (χ3n) is 5.99. The zero-order valence-corrected chi connectivity index (χ0v) is 16.7.